The fourth-order valence-corrected chi connectivity index (χ4v) is 3.05. The maximum absolute atomic E-state index is 13.6. The van der Waals surface area contributed by atoms with E-state index in [0.29, 0.717) is 37.1 Å². The second-order valence-electron chi connectivity index (χ2n) is 6.67. The third kappa shape index (κ3) is 4.58. The molecular weight excluding hydrogens is 351 g/mol. The van der Waals surface area contributed by atoms with Gasteiger partial charge in [-0.1, -0.05) is 12.1 Å². The molecule has 27 heavy (non-hydrogen) atoms. The van der Waals surface area contributed by atoms with Gasteiger partial charge in [-0.25, -0.2) is 9.49 Å². The van der Waals surface area contributed by atoms with E-state index in [1.807, 2.05) is 0 Å². The second kappa shape index (κ2) is 8.11. The molecule has 1 fully saturated rings. The van der Waals surface area contributed by atoms with Crippen LogP contribution in [-0.4, -0.2) is 40.0 Å². The highest BCUT2D eigenvalue weighted by atomic mass is 19.1. The number of nitrogens with one attached hydrogen (secondary N) is 2. The maximum Gasteiger partial charge on any atom is 0.274 e. The number of halogens is 1. The van der Waals surface area contributed by atoms with Crippen molar-refractivity contribution in [2.24, 2.45) is 5.92 Å². The molecule has 1 aliphatic rings. The SMILES string of the molecule is Cc1ccc(CNC(=O)C2CCN(C(=O)c3ccc(=O)[nH]n3)CC2)cc1F. The smallest absolute Gasteiger partial charge is 0.274 e. The summed E-state index contributed by atoms with van der Waals surface area (Å²) in [5.41, 5.74) is 1.09. The Bertz CT molecular complexity index is 884. The molecule has 3 rings (SSSR count). The summed E-state index contributed by atoms with van der Waals surface area (Å²) in [6, 6.07) is 7.55. The number of aryl methyl sites for hydroxylation is 1. The summed E-state index contributed by atoms with van der Waals surface area (Å²) in [5.74, 6) is -0.831. The van der Waals surface area contributed by atoms with Gasteiger partial charge in [0.25, 0.3) is 11.5 Å². The number of hydrogen-bond acceptors (Lipinski definition) is 4. The van der Waals surface area contributed by atoms with Gasteiger partial charge in [0.05, 0.1) is 0 Å². The number of benzene rings is 1. The van der Waals surface area contributed by atoms with Crippen LogP contribution in [-0.2, 0) is 11.3 Å². The Morgan fingerprint density at radius 3 is 2.63 bits per heavy atom. The fourth-order valence-electron chi connectivity index (χ4n) is 3.05. The maximum atomic E-state index is 13.6. The fraction of sp³-hybridized carbons (Fsp3) is 0.368. The highest BCUT2D eigenvalue weighted by Crippen LogP contribution is 2.19. The minimum absolute atomic E-state index is 0.0924. The van der Waals surface area contributed by atoms with Crippen LogP contribution in [0.4, 0.5) is 4.39 Å². The van der Waals surface area contributed by atoms with Gasteiger partial charge >= 0.3 is 0 Å². The monoisotopic (exact) mass is 372 g/mol. The molecule has 7 nitrogen and oxygen atoms in total. The van der Waals surface area contributed by atoms with Crippen molar-refractivity contribution in [3.63, 3.8) is 0 Å². The van der Waals surface area contributed by atoms with Crippen molar-refractivity contribution < 1.29 is 14.0 Å². The third-order valence-corrected chi connectivity index (χ3v) is 4.75. The van der Waals surface area contributed by atoms with Crippen LogP contribution in [0.1, 0.15) is 34.5 Å². The van der Waals surface area contributed by atoms with E-state index in [-0.39, 0.29) is 41.3 Å². The molecule has 1 aliphatic heterocycles. The van der Waals surface area contributed by atoms with E-state index in [0.717, 1.165) is 0 Å². The molecule has 1 saturated heterocycles. The highest BCUT2D eigenvalue weighted by molar-refractivity contribution is 5.92. The molecule has 0 unspecified atom stereocenters. The number of aromatic amines is 1. The summed E-state index contributed by atoms with van der Waals surface area (Å²) < 4.78 is 13.6. The first-order valence-corrected chi connectivity index (χ1v) is 8.82. The number of carbonyl (C=O) groups is 2. The summed E-state index contributed by atoms with van der Waals surface area (Å²) in [5, 5.41) is 8.82. The lowest BCUT2D eigenvalue weighted by atomic mass is 9.95. The van der Waals surface area contributed by atoms with Crippen molar-refractivity contribution in [1.82, 2.24) is 20.4 Å². The number of carbonyl (C=O) groups excluding carboxylic acids is 2. The summed E-state index contributed by atoms with van der Waals surface area (Å²) in [4.78, 5) is 37.4. The van der Waals surface area contributed by atoms with Gasteiger partial charge in [-0.15, -0.1) is 0 Å². The number of amides is 2. The van der Waals surface area contributed by atoms with Gasteiger partial charge in [-0.3, -0.25) is 14.4 Å². The number of piperidine rings is 1. The van der Waals surface area contributed by atoms with Crippen LogP contribution >= 0.6 is 0 Å². The van der Waals surface area contributed by atoms with Crippen LogP contribution in [0, 0.1) is 18.7 Å². The molecule has 2 heterocycles. The molecular formula is C19H21FN4O3. The number of H-pyrrole nitrogens is 1. The van der Waals surface area contributed by atoms with Gasteiger partial charge in [0.15, 0.2) is 0 Å². The molecule has 0 bridgehead atoms. The summed E-state index contributed by atoms with van der Waals surface area (Å²) in [6.07, 6.45) is 1.09. The molecule has 0 atom stereocenters. The van der Waals surface area contributed by atoms with Gasteiger partial charge in [-0.05, 0) is 43.0 Å². The number of rotatable bonds is 4. The zero-order valence-corrected chi connectivity index (χ0v) is 15.0. The van der Waals surface area contributed by atoms with Crippen LogP contribution in [0.3, 0.4) is 0 Å². The van der Waals surface area contributed by atoms with Crippen molar-refractivity contribution in [3.05, 3.63) is 63.3 Å². The van der Waals surface area contributed by atoms with Gasteiger partial charge in [0.2, 0.25) is 5.91 Å². The topological polar surface area (TPSA) is 95.2 Å². The lowest BCUT2D eigenvalue weighted by molar-refractivity contribution is -0.126. The van der Waals surface area contributed by atoms with E-state index in [4.69, 9.17) is 0 Å². The van der Waals surface area contributed by atoms with Gasteiger partial charge < -0.3 is 10.2 Å². The van der Waals surface area contributed by atoms with Crippen molar-refractivity contribution in [3.8, 4) is 0 Å². The molecule has 0 spiro atoms. The molecule has 1 aromatic heterocycles. The van der Waals surface area contributed by atoms with E-state index in [2.05, 4.69) is 15.5 Å². The van der Waals surface area contributed by atoms with Crippen LogP contribution in [0.5, 0.6) is 0 Å². The van der Waals surface area contributed by atoms with Crippen LogP contribution < -0.4 is 10.9 Å². The van der Waals surface area contributed by atoms with Gasteiger partial charge in [-0.2, -0.15) is 5.10 Å². The Kier molecular flexibility index (Phi) is 5.63. The molecule has 8 heteroatoms. The highest BCUT2D eigenvalue weighted by Gasteiger charge is 2.28. The van der Waals surface area contributed by atoms with Crippen molar-refractivity contribution in [2.75, 3.05) is 13.1 Å². The Balaban J connectivity index is 1.50. The molecule has 0 saturated carbocycles. The summed E-state index contributed by atoms with van der Waals surface area (Å²) in [6.45, 7) is 2.85. The summed E-state index contributed by atoms with van der Waals surface area (Å²) in [7, 11) is 0. The number of aromatic nitrogens is 2. The lowest BCUT2D eigenvalue weighted by Crippen LogP contribution is -2.43. The standard InChI is InChI=1S/C19H21FN4O3/c1-12-2-3-13(10-15(12)20)11-21-18(26)14-6-8-24(9-7-14)19(27)16-4-5-17(25)23-22-16/h2-5,10,14H,6-9,11H2,1H3,(H,21,26)(H,23,25). The first-order valence-electron chi connectivity index (χ1n) is 8.82. The molecule has 0 aliphatic carbocycles. The van der Waals surface area contributed by atoms with E-state index >= 15 is 0 Å². The lowest BCUT2D eigenvalue weighted by Gasteiger charge is -2.31. The quantitative estimate of drug-likeness (QED) is 0.848. The van der Waals surface area contributed by atoms with Crippen molar-refractivity contribution >= 4 is 11.8 Å². The molecule has 2 amide bonds. The first-order chi connectivity index (χ1) is 12.9. The van der Waals surface area contributed by atoms with Crippen LogP contribution in [0.15, 0.2) is 35.1 Å². The molecule has 142 valence electrons. The average Bonchev–Trinajstić information content (AvgIpc) is 2.69. The van der Waals surface area contributed by atoms with Crippen molar-refractivity contribution in [1.29, 1.82) is 0 Å². The third-order valence-electron chi connectivity index (χ3n) is 4.75. The molecule has 2 N–H and O–H groups in total. The Labute approximate surface area is 155 Å². The number of likely N-dealkylation sites (tertiary alicyclic amines) is 1. The van der Waals surface area contributed by atoms with Gasteiger partial charge in [0, 0.05) is 31.6 Å². The zero-order chi connectivity index (χ0) is 19.4. The molecule has 0 radical (unpaired) electrons. The van der Waals surface area contributed by atoms with E-state index in [1.165, 1.54) is 18.2 Å². The molecule has 2 aromatic rings. The van der Waals surface area contributed by atoms with Crippen molar-refractivity contribution in [2.45, 2.75) is 26.3 Å². The predicted molar refractivity (Wildman–Crippen MR) is 96.5 cm³/mol. The van der Waals surface area contributed by atoms with Crippen LogP contribution in [0.2, 0.25) is 0 Å². The Morgan fingerprint density at radius 2 is 2.00 bits per heavy atom. The Morgan fingerprint density at radius 1 is 1.26 bits per heavy atom. The predicted octanol–water partition coefficient (Wildman–Crippen LogP) is 1.39. The second-order valence-corrected chi connectivity index (χ2v) is 6.67. The minimum Gasteiger partial charge on any atom is -0.352 e. The van der Waals surface area contributed by atoms with E-state index in [9.17, 15) is 18.8 Å². The summed E-state index contributed by atoms with van der Waals surface area (Å²) >= 11 is 0. The zero-order valence-electron chi connectivity index (χ0n) is 15.0. The number of nitrogens with zero attached hydrogens (tertiary/aromatic N) is 2. The van der Waals surface area contributed by atoms with E-state index < -0.39 is 0 Å². The van der Waals surface area contributed by atoms with Gasteiger partial charge in [0.1, 0.15) is 11.5 Å². The molecule has 1 aromatic carbocycles. The average molecular weight is 372 g/mol. The van der Waals surface area contributed by atoms with E-state index in [1.54, 1.807) is 24.0 Å². The minimum atomic E-state index is -0.365. The first kappa shape index (κ1) is 18.8. The normalized spacial score (nSPS) is 14.8. The van der Waals surface area contributed by atoms with Crippen LogP contribution in [0.25, 0.3) is 0 Å². The number of hydrogen-bond donors (Lipinski definition) is 2. The Hall–Kier alpha value is -3.03. The largest absolute Gasteiger partial charge is 0.352 e.